The molecule has 13 nitrogen and oxygen atoms in total. The first kappa shape index (κ1) is 32.3. The third-order valence-electron chi connectivity index (χ3n) is 5.20. The number of urea groups is 1. The molecule has 0 spiro atoms. The zero-order valence-corrected chi connectivity index (χ0v) is 22.2. The Morgan fingerprint density at radius 3 is 2.21 bits per heavy atom. The van der Waals surface area contributed by atoms with E-state index in [1.807, 2.05) is 0 Å². The fourth-order valence-electron chi connectivity index (χ4n) is 2.71. The molecular formula is C26H35N5O8. The summed E-state index contributed by atoms with van der Waals surface area (Å²) in [6, 6.07) is 9.88. The van der Waals surface area contributed by atoms with E-state index in [2.05, 4.69) is 36.7 Å². The van der Waals surface area contributed by atoms with E-state index in [1.165, 1.54) is 30.7 Å². The Hall–Kier alpha value is -4.68. The number of rotatable bonds is 13. The SMILES string of the molecule is CCC(C)C.NC(=O)NCCCC(NC=O)C(=O)Nc1ccc(COC(=O)Oc2ccc([N+](=O)[O-])cc2)cc1. The van der Waals surface area contributed by atoms with Gasteiger partial charge in [0.05, 0.1) is 4.92 Å². The van der Waals surface area contributed by atoms with Gasteiger partial charge in [0.25, 0.3) is 5.69 Å². The summed E-state index contributed by atoms with van der Waals surface area (Å²) in [4.78, 5) is 55.7. The van der Waals surface area contributed by atoms with Crippen molar-refractivity contribution in [3.05, 3.63) is 64.2 Å². The summed E-state index contributed by atoms with van der Waals surface area (Å²) >= 11 is 0. The standard InChI is InChI=1S/C21H23N5O8.C5H12/c22-20(29)23-11-1-2-18(24-13-27)19(28)25-15-5-3-14(4-6-15)12-33-21(30)34-17-9-7-16(8-10-17)26(31)32;1-4-5(2)3/h3-10,13,18H,1-2,11-12H2,(H,24,27)(H,25,28)(H3,22,23,29);5H,4H2,1-3H3. The van der Waals surface area contributed by atoms with Crippen LogP contribution in [0.2, 0.25) is 0 Å². The molecule has 0 aliphatic carbocycles. The lowest BCUT2D eigenvalue weighted by Gasteiger charge is -2.16. The van der Waals surface area contributed by atoms with Gasteiger partial charge in [-0.25, -0.2) is 9.59 Å². The van der Waals surface area contributed by atoms with Crippen LogP contribution in [0.3, 0.4) is 0 Å². The zero-order valence-electron chi connectivity index (χ0n) is 22.2. The summed E-state index contributed by atoms with van der Waals surface area (Å²) in [6.45, 7) is 6.80. The van der Waals surface area contributed by atoms with Gasteiger partial charge in [0.1, 0.15) is 18.4 Å². The lowest BCUT2D eigenvalue weighted by Crippen LogP contribution is -2.40. The number of nitrogens with zero attached hydrogens (tertiary/aromatic N) is 1. The summed E-state index contributed by atoms with van der Waals surface area (Å²) < 4.78 is 9.95. The van der Waals surface area contributed by atoms with Gasteiger partial charge >= 0.3 is 12.2 Å². The monoisotopic (exact) mass is 545 g/mol. The first-order valence-corrected chi connectivity index (χ1v) is 12.3. The van der Waals surface area contributed by atoms with Crippen LogP contribution in [0, 0.1) is 16.0 Å². The van der Waals surface area contributed by atoms with Gasteiger partial charge in [-0.1, -0.05) is 39.3 Å². The predicted octanol–water partition coefficient (Wildman–Crippen LogP) is 3.86. The van der Waals surface area contributed by atoms with Crippen LogP contribution < -0.4 is 26.4 Å². The van der Waals surface area contributed by atoms with E-state index in [4.69, 9.17) is 15.2 Å². The Kier molecular flexibility index (Phi) is 14.7. The summed E-state index contributed by atoms with van der Waals surface area (Å²) in [5, 5.41) is 18.1. The first-order valence-electron chi connectivity index (χ1n) is 12.3. The second kappa shape index (κ2) is 17.7. The highest BCUT2D eigenvalue weighted by Crippen LogP contribution is 2.18. The second-order valence-corrected chi connectivity index (χ2v) is 8.65. The van der Waals surface area contributed by atoms with Crippen molar-refractivity contribution in [3.63, 3.8) is 0 Å². The number of nitro benzene ring substituents is 1. The molecule has 0 heterocycles. The minimum Gasteiger partial charge on any atom is -0.429 e. The van der Waals surface area contributed by atoms with Gasteiger partial charge in [-0.2, -0.15) is 0 Å². The van der Waals surface area contributed by atoms with Crippen molar-refractivity contribution in [1.29, 1.82) is 0 Å². The summed E-state index contributed by atoms with van der Waals surface area (Å²) in [5.74, 6) is 0.536. The van der Waals surface area contributed by atoms with Crippen LogP contribution in [-0.2, 0) is 20.9 Å². The maximum Gasteiger partial charge on any atom is 0.514 e. The number of hydrogen-bond donors (Lipinski definition) is 4. The smallest absolute Gasteiger partial charge is 0.429 e. The topological polar surface area (TPSA) is 192 Å². The van der Waals surface area contributed by atoms with Crippen LogP contribution in [-0.4, -0.2) is 42.0 Å². The number of nitro groups is 1. The van der Waals surface area contributed by atoms with Crippen molar-refractivity contribution in [2.45, 2.75) is 52.7 Å². The second-order valence-electron chi connectivity index (χ2n) is 8.65. The number of carbonyl (C=O) groups excluding carboxylic acids is 4. The molecule has 13 heteroatoms. The number of hydrogen-bond acceptors (Lipinski definition) is 8. The number of nitrogens with one attached hydrogen (secondary N) is 3. The highest BCUT2D eigenvalue weighted by Gasteiger charge is 2.17. The molecule has 0 aliphatic rings. The van der Waals surface area contributed by atoms with E-state index in [9.17, 15) is 29.3 Å². The predicted molar refractivity (Wildman–Crippen MR) is 144 cm³/mol. The van der Waals surface area contributed by atoms with Crippen molar-refractivity contribution in [2.75, 3.05) is 11.9 Å². The molecule has 0 aliphatic heterocycles. The lowest BCUT2D eigenvalue weighted by atomic mass is 10.1. The molecule has 1 unspecified atom stereocenters. The molecule has 2 aromatic rings. The average molecular weight is 546 g/mol. The van der Waals surface area contributed by atoms with Gasteiger partial charge in [0.2, 0.25) is 12.3 Å². The minimum absolute atomic E-state index is 0.0950. The number of ether oxygens (including phenoxy) is 2. The molecule has 2 aromatic carbocycles. The van der Waals surface area contributed by atoms with Crippen LogP contribution in [0.25, 0.3) is 0 Å². The molecule has 0 bridgehead atoms. The summed E-state index contributed by atoms with van der Waals surface area (Å²) in [6.07, 6.45) is 1.45. The van der Waals surface area contributed by atoms with Gasteiger partial charge in [0.15, 0.2) is 0 Å². The highest BCUT2D eigenvalue weighted by molar-refractivity contribution is 5.95. The van der Waals surface area contributed by atoms with Gasteiger partial charge in [-0.05, 0) is 48.6 Å². The number of benzene rings is 2. The van der Waals surface area contributed by atoms with Crippen molar-refractivity contribution < 1.29 is 33.6 Å². The fourth-order valence-corrected chi connectivity index (χ4v) is 2.71. The van der Waals surface area contributed by atoms with Crippen molar-refractivity contribution in [1.82, 2.24) is 10.6 Å². The van der Waals surface area contributed by atoms with E-state index in [1.54, 1.807) is 24.3 Å². The Balaban J connectivity index is 0.00000139. The van der Waals surface area contributed by atoms with Crippen molar-refractivity contribution >= 4 is 35.9 Å². The third-order valence-corrected chi connectivity index (χ3v) is 5.20. The third kappa shape index (κ3) is 14.0. The highest BCUT2D eigenvalue weighted by atomic mass is 16.7. The molecule has 0 saturated heterocycles. The van der Waals surface area contributed by atoms with Crippen LogP contribution in [0.5, 0.6) is 5.75 Å². The van der Waals surface area contributed by atoms with Gasteiger partial charge < -0.3 is 31.2 Å². The normalized spacial score (nSPS) is 10.8. The number of amides is 4. The van der Waals surface area contributed by atoms with Crippen molar-refractivity contribution in [3.8, 4) is 5.75 Å². The van der Waals surface area contributed by atoms with Crippen molar-refractivity contribution in [2.24, 2.45) is 11.7 Å². The lowest BCUT2D eigenvalue weighted by molar-refractivity contribution is -0.384. The van der Waals surface area contributed by atoms with Gasteiger partial charge in [-0.15, -0.1) is 0 Å². The molecule has 0 aromatic heterocycles. The largest absolute Gasteiger partial charge is 0.514 e. The summed E-state index contributed by atoms with van der Waals surface area (Å²) in [5.41, 5.74) is 5.90. The molecule has 0 radical (unpaired) electrons. The molecule has 2 rings (SSSR count). The molecule has 5 N–H and O–H groups in total. The van der Waals surface area contributed by atoms with Gasteiger partial charge in [0, 0.05) is 24.4 Å². The maximum absolute atomic E-state index is 12.4. The Morgan fingerprint density at radius 2 is 1.69 bits per heavy atom. The van der Waals surface area contributed by atoms with E-state index in [0.29, 0.717) is 24.1 Å². The molecule has 39 heavy (non-hydrogen) atoms. The van der Waals surface area contributed by atoms with Crippen LogP contribution in [0.15, 0.2) is 48.5 Å². The average Bonchev–Trinajstić information content (AvgIpc) is 2.90. The summed E-state index contributed by atoms with van der Waals surface area (Å²) in [7, 11) is 0. The zero-order chi connectivity index (χ0) is 29.2. The molecule has 212 valence electrons. The number of carbonyl (C=O) groups is 4. The van der Waals surface area contributed by atoms with E-state index in [0.717, 1.165) is 5.92 Å². The van der Waals surface area contributed by atoms with Crippen LogP contribution in [0.4, 0.5) is 21.0 Å². The molecule has 1 atom stereocenters. The van der Waals surface area contributed by atoms with E-state index >= 15 is 0 Å². The molecule has 4 amide bonds. The fraction of sp³-hybridized carbons (Fsp3) is 0.385. The quantitative estimate of drug-likeness (QED) is 0.0727. The first-order chi connectivity index (χ1) is 18.5. The molecular weight excluding hydrogens is 510 g/mol. The van der Waals surface area contributed by atoms with E-state index < -0.39 is 29.1 Å². The Labute approximate surface area is 226 Å². The Morgan fingerprint density at radius 1 is 1.08 bits per heavy atom. The van der Waals surface area contributed by atoms with Gasteiger partial charge in [-0.3, -0.25) is 19.7 Å². The Bertz CT molecular complexity index is 1070. The molecule has 0 fully saturated rings. The van der Waals surface area contributed by atoms with Crippen LogP contribution in [0.1, 0.15) is 45.6 Å². The molecule has 0 saturated carbocycles. The number of primary amides is 1. The maximum atomic E-state index is 12.4. The van der Waals surface area contributed by atoms with Crippen LogP contribution >= 0.6 is 0 Å². The minimum atomic E-state index is -0.986. The number of non-ortho nitro benzene ring substituents is 1. The van der Waals surface area contributed by atoms with E-state index in [-0.39, 0.29) is 31.0 Å². The number of nitrogens with two attached hydrogens (primary N) is 1. The number of anilines is 1.